The van der Waals surface area contributed by atoms with E-state index in [0.717, 1.165) is 31.7 Å². The topological polar surface area (TPSA) is 31.4 Å². The van der Waals surface area contributed by atoms with Crippen molar-refractivity contribution in [1.82, 2.24) is 9.88 Å². The van der Waals surface area contributed by atoms with Gasteiger partial charge in [-0.2, -0.15) is 0 Å². The molecule has 19 heavy (non-hydrogen) atoms. The van der Waals surface area contributed by atoms with Crippen molar-refractivity contribution in [3.63, 3.8) is 0 Å². The maximum atomic E-state index is 4.36. The van der Waals surface area contributed by atoms with Gasteiger partial charge in [0.2, 0.25) is 0 Å². The molecule has 4 heteroatoms. The van der Waals surface area contributed by atoms with E-state index in [0.29, 0.717) is 6.04 Å². The Labute approximate surface area is 116 Å². The van der Waals surface area contributed by atoms with Crippen LogP contribution in [0.2, 0.25) is 0 Å². The maximum Gasteiger partial charge on any atom is 0.0574 e. The quantitative estimate of drug-likeness (QED) is 0.883. The molecule has 0 saturated carbocycles. The molecule has 0 amide bonds. The van der Waals surface area contributed by atoms with Gasteiger partial charge in [-0.25, -0.2) is 0 Å². The average molecular weight is 262 g/mol. The Balaban J connectivity index is 2.04. The molecule has 0 aromatic carbocycles. The summed E-state index contributed by atoms with van der Waals surface area (Å²) in [6.45, 7) is 5.43. The Morgan fingerprint density at radius 1 is 1.42 bits per heavy atom. The molecule has 2 rings (SSSR count). The fraction of sp³-hybridized carbons (Fsp3) is 0.667. The van der Waals surface area contributed by atoms with Gasteiger partial charge < -0.3 is 15.1 Å². The normalized spacial score (nSPS) is 19.8. The highest BCUT2D eigenvalue weighted by molar-refractivity contribution is 5.55. The van der Waals surface area contributed by atoms with Crippen molar-refractivity contribution >= 4 is 11.4 Å². The van der Waals surface area contributed by atoms with Gasteiger partial charge in [0.1, 0.15) is 0 Å². The van der Waals surface area contributed by atoms with Crippen LogP contribution in [0.4, 0.5) is 11.4 Å². The molecule has 2 heterocycles. The molecule has 0 bridgehead atoms. The number of piperidine rings is 1. The van der Waals surface area contributed by atoms with E-state index in [1.165, 1.54) is 18.5 Å². The first-order valence-corrected chi connectivity index (χ1v) is 7.31. The molecular formula is C15H26N4. The van der Waals surface area contributed by atoms with Crippen LogP contribution in [0, 0.1) is 0 Å². The van der Waals surface area contributed by atoms with Gasteiger partial charge in [-0.05, 0) is 39.4 Å². The Morgan fingerprint density at radius 2 is 2.26 bits per heavy atom. The molecular weight excluding hydrogens is 236 g/mol. The molecule has 1 aliphatic rings. The van der Waals surface area contributed by atoms with Crippen LogP contribution < -0.4 is 10.2 Å². The third-order valence-electron chi connectivity index (χ3n) is 3.79. The van der Waals surface area contributed by atoms with E-state index in [-0.39, 0.29) is 0 Å². The zero-order chi connectivity index (χ0) is 13.7. The smallest absolute Gasteiger partial charge is 0.0574 e. The summed E-state index contributed by atoms with van der Waals surface area (Å²) in [5.74, 6) is 0. The highest BCUT2D eigenvalue weighted by Gasteiger charge is 2.21. The van der Waals surface area contributed by atoms with Crippen LogP contribution in [-0.4, -0.2) is 49.7 Å². The van der Waals surface area contributed by atoms with Gasteiger partial charge >= 0.3 is 0 Å². The summed E-state index contributed by atoms with van der Waals surface area (Å²) in [7, 11) is 4.34. The number of nitrogens with one attached hydrogen (secondary N) is 1. The van der Waals surface area contributed by atoms with Crippen molar-refractivity contribution in [2.45, 2.75) is 32.2 Å². The Kier molecular flexibility index (Phi) is 5.02. The van der Waals surface area contributed by atoms with Crippen LogP contribution in [0.1, 0.15) is 26.2 Å². The summed E-state index contributed by atoms with van der Waals surface area (Å²) < 4.78 is 0. The highest BCUT2D eigenvalue weighted by Crippen LogP contribution is 2.23. The van der Waals surface area contributed by atoms with Gasteiger partial charge in [0, 0.05) is 25.7 Å². The fourth-order valence-corrected chi connectivity index (χ4v) is 2.58. The number of aromatic nitrogens is 1. The predicted octanol–water partition coefficient (Wildman–Crippen LogP) is 2.43. The van der Waals surface area contributed by atoms with Crippen LogP contribution in [-0.2, 0) is 0 Å². The van der Waals surface area contributed by atoms with Crippen molar-refractivity contribution in [3.8, 4) is 0 Å². The molecule has 1 aromatic heterocycles. The summed E-state index contributed by atoms with van der Waals surface area (Å²) >= 11 is 0. The Hall–Kier alpha value is -1.29. The van der Waals surface area contributed by atoms with Crippen molar-refractivity contribution in [2.24, 2.45) is 0 Å². The van der Waals surface area contributed by atoms with Gasteiger partial charge in [-0.15, -0.1) is 0 Å². The second-order valence-corrected chi connectivity index (χ2v) is 5.56. The van der Waals surface area contributed by atoms with Crippen LogP contribution in [0.3, 0.4) is 0 Å². The first kappa shape index (κ1) is 14.1. The molecule has 106 valence electrons. The minimum absolute atomic E-state index is 0.654. The lowest BCUT2D eigenvalue weighted by Gasteiger charge is -2.37. The number of anilines is 2. The first-order valence-electron chi connectivity index (χ1n) is 7.31. The van der Waals surface area contributed by atoms with Crippen molar-refractivity contribution in [1.29, 1.82) is 0 Å². The van der Waals surface area contributed by atoms with Crippen LogP contribution in [0.5, 0.6) is 0 Å². The molecule has 0 radical (unpaired) electrons. The van der Waals surface area contributed by atoms with Crippen LogP contribution >= 0.6 is 0 Å². The van der Waals surface area contributed by atoms with Gasteiger partial charge in [0.15, 0.2) is 0 Å². The molecule has 1 N–H and O–H groups in total. The maximum absolute atomic E-state index is 4.36. The largest absolute Gasteiger partial charge is 0.384 e. The number of rotatable bonds is 5. The number of hydrogen-bond donors (Lipinski definition) is 1. The van der Waals surface area contributed by atoms with Gasteiger partial charge in [0.25, 0.3) is 0 Å². The fourth-order valence-electron chi connectivity index (χ4n) is 2.58. The summed E-state index contributed by atoms with van der Waals surface area (Å²) in [5, 5.41) is 3.41. The number of pyridine rings is 1. The van der Waals surface area contributed by atoms with Crippen molar-refractivity contribution in [2.75, 3.05) is 43.9 Å². The van der Waals surface area contributed by atoms with Crippen molar-refractivity contribution < 1.29 is 0 Å². The average Bonchev–Trinajstić information content (AvgIpc) is 2.45. The highest BCUT2D eigenvalue weighted by atomic mass is 15.2. The predicted molar refractivity (Wildman–Crippen MR) is 81.9 cm³/mol. The molecule has 1 aromatic rings. The second-order valence-electron chi connectivity index (χ2n) is 5.56. The lowest BCUT2D eigenvalue weighted by Crippen LogP contribution is -2.45. The van der Waals surface area contributed by atoms with E-state index >= 15 is 0 Å². The van der Waals surface area contributed by atoms with E-state index in [1.54, 1.807) is 0 Å². The van der Waals surface area contributed by atoms with Crippen molar-refractivity contribution in [3.05, 3.63) is 18.5 Å². The Morgan fingerprint density at radius 3 is 3.00 bits per heavy atom. The van der Waals surface area contributed by atoms with E-state index in [9.17, 15) is 0 Å². The van der Waals surface area contributed by atoms with E-state index in [1.807, 2.05) is 12.4 Å². The summed E-state index contributed by atoms with van der Waals surface area (Å²) in [6, 6.07) is 2.88. The molecule has 1 fully saturated rings. The lowest BCUT2D eigenvalue weighted by atomic mass is 10.0. The van der Waals surface area contributed by atoms with Crippen LogP contribution in [0.25, 0.3) is 0 Å². The summed E-state index contributed by atoms with van der Waals surface area (Å²) in [6.07, 6.45) is 7.58. The Bertz CT molecular complexity index is 391. The minimum atomic E-state index is 0.654. The molecule has 1 saturated heterocycles. The number of nitrogens with zero attached hydrogens (tertiary/aromatic N) is 3. The molecule has 0 aliphatic carbocycles. The number of hydrogen-bond acceptors (Lipinski definition) is 4. The monoisotopic (exact) mass is 262 g/mol. The van der Waals surface area contributed by atoms with Crippen LogP contribution in [0.15, 0.2) is 18.5 Å². The number of likely N-dealkylation sites (N-methyl/N-ethyl adjacent to an activating group) is 1. The SMILES string of the molecule is CCCNc1cncc(N2CCCC(N(C)C)C2)c1. The van der Waals surface area contributed by atoms with Gasteiger partial charge in [-0.3, -0.25) is 4.98 Å². The van der Waals surface area contributed by atoms with Gasteiger partial charge in [0.05, 0.1) is 23.8 Å². The zero-order valence-corrected chi connectivity index (χ0v) is 12.4. The third kappa shape index (κ3) is 3.83. The lowest BCUT2D eigenvalue weighted by molar-refractivity contribution is 0.258. The summed E-state index contributed by atoms with van der Waals surface area (Å²) in [4.78, 5) is 9.15. The first-order chi connectivity index (χ1) is 9.20. The van der Waals surface area contributed by atoms with Gasteiger partial charge in [-0.1, -0.05) is 6.92 Å². The second kappa shape index (κ2) is 6.75. The molecule has 4 nitrogen and oxygen atoms in total. The summed E-state index contributed by atoms with van der Waals surface area (Å²) in [5.41, 5.74) is 2.37. The minimum Gasteiger partial charge on any atom is -0.384 e. The van der Waals surface area contributed by atoms with E-state index < -0.39 is 0 Å². The van der Waals surface area contributed by atoms with E-state index in [2.05, 4.69) is 47.2 Å². The standard InChI is InChI=1S/C15H26N4/c1-4-7-17-13-9-15(11-16-10-13)19-8-5-6-14(12-19)18(2)3/h9-11,14,17H,4-8,12H2,1-3H3. The zero-order valence-electron chi connectivity index (χ0n) is 12.4. The molecule has 1 atom stereocenters. The molecule has 1 unspecified atom stereocenters. The molecule has 0 spiro atoms. The van der Waals surface area contributed by atoms with E-state index in [4.69, 9.17) is 0 Å². The third-order valence-corrected chi connectivity index (χ3v) is 3.79. The molecule has 1 aliphatic heterocycles.